The van der Waals surface area contributed by atoms with Crippen LogP contribution in [0.15, 0.2) is 0 Å². The molecule has 0 unspecified atom stereocenters. The van der Waals surface area contributed by atoms with Crippen LogP contribution in [0.3, 0.4) is 0 Å². The van der Waals surface area contributed by atoms with E-state index in [9.17, 15) is 9.18 Å². The van der Waals surface area contributed by atoms with E-state index in [0.717, 1.165) is 19.3 Å². The Morgan fingerprint density at radius 3 is 2.46 bits per heavy atom. The van der Waals surface area contributed by atoms with E-state index >= 15 is 0 Å². The molecule has 0 aromatic heterocycles. The molecule has 1 fully saturated rings. The van der Waals surface area contributed by atoms with Gasteiger partial charge in [-0.25, -0.2) is 4.39 Å². The van der Waals surface area contributed by atoms with Crippen molar-refractivity contribution in [3.05, 3.63) is 0 Å². The van der Waals surface area contributed by atoms with Gasteiger partial charge in [0.25, 0.3) is 5.91 Å². The Morgan fingerprint density at radius 1 is 1.62 bits per heavy atom. The Balaban J connectivity index is 2.30. The highest BCUT2D eigenvalue weighted by Gasteiger charge is 2.34. The number of amides is 1. The third-order valence-corrected chi connectivity index (χ3v) is 2.49. The molecule has 3 nitrogen and oxygen atoms in total. The summed E-state index contributed by atoms with van der Waals surface area (Å²) >= 11 is 0. The van der Waals surface area contributed by atoms with E-state index in [4.69, 9.17) is 5.73 Å². The first-order valence-corrected chi connectivity index (χ1v) is 4.60. The van der Waals surface area contributed by atoms with Gasteiger partial charge in [-0.05, 0) is 33.1 Å². The maximum Gasteiger partial charge on any atom is 0.257 e. The summed E-state index contributed by atoms with van der Waals surface area (Å²) in [4.78, 5) is 11.1. The molecule has 0 aromatic rings. The molecule has 0 saturated heterocycles. The lowest BCUT2D eigenvalue weighted by Gasteiger charge is -2.38. The molecule has 0 radical (unpaired) electrons. The molecule has 0 aromatic carbocycles. The molecule has 1 rings (SSSR count). The fourth-order valence-corrected chi connectivity index (χ4v) is 1.27. The normalized spacial score (nSPS) is 20.6. The maximum absolute atomic E-state index is 13.0. The highest BCUT2D eigenvalue weighted by Crippen LogP contribution is 2.28. The van der Waals surface area contributed by atoms with E-state index in [2.05, 4.69) is 5.32 Å². The molecule has 0 bridgehead atoms. The minimum absolute atomic E-state index is 0.277. The summed E-state index contributed by atoms with van der Waals surface area (Å²) in [6.45, 7) is 2.87. The molecule has 0 heterocycles. The SMILES string of the molecule is CC(C)(F)C(=O)NCC1(N)CCC1. The minimum Gasteiger partial charge on any atom is -0.351 e. The molecule has 0 spiro atoms. The molecule has 76 valence electrons. The molecule has 0 atom stereocenters. The minimum atomic E-state index is -1.81. The van der Waals surface area contributed by atoms with Gasteiger partial charge in [0.15, 0.2) is 5.67 Å². The van der Waals surface area contributed by atoms with Crippen LogP contribution < -0.4 is 11.1 Å². The molecular weight excluding hydrogens is 171 g/mol. The standard InChI is InChI=1S/C9H17FN2O/c1-8(2,10)7(13)12-6-9(11)4-3-5-9/h3-6,11H2,1-2H3,(H,12,13). The Labute approximate surface area is 77.9 Å². The predicted molar refractivity (Wildman–Crippen MR) is 49.0 cm³/mol. The quantitative estimate of drug-likeness (QED) is 0.686. The second-order valence-corrected chi connectivity index (χ2v) is 4.37. The van der Waals surface area contributed by atoms with Crippen LogP contribution in [-0.4, -0.2) is 23.7 Å². The smallest absolute Gasteiger partial charge is 0.257 e. The van der Waals surface area contributed by atoms with Crippen LogP contribution in [0.1, 0.15) is 33.1 Å². The summed E-state index contributed by atoms with van der Waals surface area (Å²) in [5, 5.41) is 2.53. The number of carbonyl (C=O) groups excluding carboxylic acids is 1. The van der Waals surface area contributed by atoms with Crippen molar-refractivity contribution in [2.45, 2.75) is 44.3 Å². The van der Waals surface area contributed by atoms with Gasteiger partial charge in [-0.15, -0.1) is 0 Å². The Hall–Kier alpha value is -0.640. The lowest BCUT2D eigenvalue weighted by atomic mass is 9.77. The number of halogens is 1. The maximum atomic E-state index is 13.0. The second kappa shape index (κ2) is 3.25. The number of hydrogen-bond acceptors (Lipinski definition) is 2. The van der Waals surface area contributed by atoms with Crippen LogP contribution in [0, 0.1) is 0 Å². The molecule has 1 aliphatic carbocycles. The monoisotopic (exact) mass is 188 g/mol. The average Bonchev–Trinajstić information content (AvgIpc) is 1.94. The van der Waals surface area contributed by atoms with Crippen LogP contribution in [0.5, 0.6) is 0 Å². The summed E-state index contributed by atoms with van der Waals surface area (Å²) in [7, 11) is 0. The Kier molecular flexibility index (Phi) is 2.61. The molecular formula is C9H17FN2O. The van der Waals surface area contributed by atoms with Crippen LogP contribution in [0.2, 0.25) is 0 Å². The van der Waals surface area contributed by atoms with Gasteiger partial charge in [0.2, 0.25) is 0 Å². The van der Waals surface area contributed by atoms with Crippen LogP contribution in [-0.2, 0) is 4.79 Å². The van der Waals surface area contributed by atoms with Gasteiger partial charge in [-0.1, -0.05) is 0 Å². The molecule has 13 heavy (non-hydrogen) atoms. The van der Waals surface area contributed by atoms with Gasteiger partial charge in [-0.3, -0.25) is 4.79 Å². The zero-order valence-corrected chi connectivity index (χ0v) is 8.19. The third kappa shape index (κ3) is 2.66. The Bertz CT molecular complexity index is 206. The molecule has 3 N–H and O–H groups in total. The highest BCUT2D eigenvalue weighted by molar-refractivity contribution is 5.84. The van der Waals surface area contributed by atoms with Crippen LogP contribution >= 0.6 is 0 Å². The number of rotatable bonds is 3. The van der Waals surface area contributed by atoms with Gasteiger partial charge in [0, 0.05) is 12.1 Å². The number of alkyl halides is 1. The van der Waals surface area contributed by atoms with E-state index in [0.29, 0.717) is 6.54 Å². The molecule has 1 amide bonds. The summed E-state index contributed by atoms with van der Waals surface area (Å²) in [6, 6.07) is 0. The largest absolute Gasteiger partial charge is 0.351 e. The van der Waals surface area contributed by atoms with Gasteiger partial charge in [0.05, 0.1) is 0 Å². The fourth-order valence-electron chi connectivity index (χ4n) is 1.27. The third-order valence-electron chi connectivity index (χ3n) is 2.49. The van der Waals surface area contributed by atoms with E-state index in [-0.39, 0.29) is 5.54 Å². The Morgan fingerprint density at radius 2 is 2.15 bits per heavy atom. The highest BCUT2D eigenvalue weighted by atomic mass is 19.1. The van der Waals surface area contributed by atoms with Crippen LogP contribution in [0.25, 0.3) is 0 Å². The van der Waals surface area contributed by atoms with E-state index in [1.165, 1.54) is 13.8 Å². The van der Waals surface area contributed by atoms with Crippen molar-refractivity contribution in [3.8, 4) is 0 Å². The van der Waals surface area contributed by atoms with Gasteiger partial charge >= 0.3 is 0 Å². The zero-order chi connectivity index (χ0) is 10.1. The second-order valence-electron chi connectivity index (χ2n) is 4.37. The summed E-state index contributed by atoms with van der Waals surface area (Å²) in [5.41, 5.74) is 3.77. The summed E-state index contributed by atoms with van der Waals surface area (Å²) in [5.74, 6) is -0.579. The predicted octanol–water partition coefficient (Wildman–Crippen LogP) is 0.732. The molecule has 4 heteroatoms. The summed E-state index contributed by atoms with van der Waals surface area (Å²) < 4.78 is 13.0. The van der Waals surface area contributed by atoms with Gasteiger partial charge in [-0.2, -0.15) is 0 Å². The van der Waals surface area contributed by atoms with Crippen LogP contribution in [0.4, 0.5) is 4.39 Å². The first-order valence-electron chi connectivity index (χ1n) is 4.60. The van der Waals surface area contributed by atoms with Crippen molar-refractivity contribution >= 4 is 5.91 Å². The fraction of sp³-hybridized carbons (Fsp3) is 0.889. The van der Waals surface area contributed by atoms with Crippen molar-refractivity contribution in [1.29, 1.82) is 0 Å². The van der Waals surface area contributed by atoms with Crippen molar-refractivity contribution in [2.75, 3.05) is 6.54 Å². The lowest BCUT2D eigenvalue weighted by Crippen LogP contribution is -2.56. The number of nitrogens with two attached hydrogens (primary N) is 1. The van der Waals surface area contributed by atoms with Gasteiger partial charge < -0.3 is 11.1 Å². The van der Waals surface area contributed by atoms with Crippen molar-refractivity contribution in [1.82, 2.24) is 5.32 Å². The average molecular weight is 188 g/mol. The van der Waals surface area contributed by atoms with E-state index in [1.807, 2.05) is 0 Å². The van der Waals surface area contributed by atoms with Gasteiger partial charge in [0.1, 0.15) is 0 Å². The first kappa shape index (κ1) is 10.4. The molecule has 0 aliphatic heterocycles. The van der Waals surface area contributed by atoms with Crippen molar-refractivity contribution < 1.29 is 9.18 Å². The molecule has 1 saturated carbocycles. The lowest BCUT2D eigenvalue weighted by molar-refractivity contribution is -0.131. The number of carbonyl (C=O) groups is 1. The topological polar surface area (TPSA) is 55.1 Å². The van der Waals surface area contributed by atoms with Crippen molar-refractivity contribution in [3.63, 3.8) is 0 Å². The molecule has 1 aliphatic rings. The van der Waals surface area contributed by atoms with E-state index < -0.39 is 11.6 Å². The first-order chi connectivity index (χ1) is 5.83. The number of nitrogens with one attached hydrogen (secondary N) is 1. The number of hydrogen-bond donors (Lipinski definition) is 2. The van der Waals surface area contributed by atoms with Crippen molar-refractivity contribution in [2.24, 2.45) is 5.73 Å². The zero-order valence-electron chi connectivity index (χ0n) is 8.19. The summed E-state index contributed by atoms with van der Waals surface area (Å²) in [6.07, 6.45) is 2.94. The van der Waals surface area contributed by atoms with E-state index in [1.54, 1.807) is 0 Å².